The summed E-state index contributed by atoms with van der Waals surface area (Å²) in [5.41, 5.74) is 4.00. The minimum Gasteiger partial charge on any atom is -0.287 e. The summed E-state index contributed by atoms with van der Waals surface area (Å²) in [4.78, 5) is 13.8. The van der Waals surface area contributed by atoms with Crippen LogP contribution in [-0.4, -0.2) is 5.78 Å². The summed E-state index contributed by atoms with van der Waals surface area (Å²) in [6.45, 7) is 0.379. The molecule has 0 saturated heterocycles. The number of ketones is 1. The van der Waals surface area contributed by atoms with Gasteiger partial charge in [-0.15, -0.1) is 0 Å². The highest BCUT2D eigenvalue weighted by Gasteiger charge is 2.24. The van der Waals surface area contributed by atoms with Crippen molar-refractivity contribution in [2.75, 3.05) is 0 Å². The van der Waals surface area contributed by atoms with E-state index in [2.05, 4.69) is 10.1 Å². The average Bonchev–Trinajstić information content (AvgIpc) is 2.85. The van der Waals surface area contributed by atoms with E-state index in [1.54, 1.807) is 29.5 Å². The van der Waals surface area contributed by atoms with Gasteiger partial charge in [-0.3, -0.25) is 4.79 Å². The first-order valence-corrected chi connectivity index (χ1v) is 8.25. The molecule has 0 aliphatic heterocycles. The number of aromatic nitrogens is 1. The molecule has 1 heterocycles. The average molecular weight is 327 g/mol. The van der Waals surface area contributed by atoms with Crippen molar-refractivity contribution in [1.29, 1.82) is 0 Å². The van der Waals surface area contributed by atoms with Gasteiger partial charge in [0.15, 0.2) is 5.69 Å². The molecular formula is C15H14Cl2NOS+. The molecule has 104 valence electrons. The number of fused-ring (bicyclic) bond motifs is 1. The van der Waals surface area contributed by atoms with Crippen molar-refractivity contribution < 1.29 is 9.36 Å². The van der Waals surface area contributed by atoms with Crippen molar-refractivity contribution in [3.8, 4) is 0 Å². The fourth-order valence-electron chi connectivity index (χ4n) is 2.53. The van der Waals surface area contributed by atoms with E-state index in [-0.39, 0.29) is 5.78 Å². The molecule has 0 bridgehead atoms. The Bertz CT molecular complexity index is 666. The molecule has 2 nitrogen and oxygen atoms in total. The van der Waals surface area contributed by atoms with Gasteiger partial charge in [-0.1, -0.05) is 34.5 Å². The minimum atomic E-state index is 0.0692. The summed E-state index contributed by atoms with van der Waals surface area (Å²) in [5.74, 6) is 0.0692. The third-order valence-electron chi connectivity index (χ3n) is 3.61. The third kappa shape index (κ3) is 2.76. The first kappa shape index (κ1) is 14.1. The molecule has 1 aromatic heterocycles. The summed E-state index contributed by atoms with van der Waals surface area (Å²) < 4.78 is 2.09. The minimum absolute atomic E-state index is 0.0692. The summed E-state index contributed by atoms with van der Waals surface area (Å²) >= 11 is 13.6. The Morgan fingerprint density at radius 1 is 1.20 bits per heavy atom. The van der Waals surface area contributed by atoms with Crippen molar-refractivity contribution in [3.63, 3.8) is 0 Å². The number of carbonyl (C=O) groups excluding carboxylic acids is 1. The van der Waals surface area contributed by atoms with Gasteiger partial charge in [0, 0.05) is 12.0 Å². The van der Waals surface area contributed by atoms with E-state index < -0.39 is 0 Å². The fraction of sp³-hybridized carbons (Fsp3) is 0.333. The van der Waals surface area contributed by atoms with Gasteiger partial charge >= 0.3 is 0 Å². The van der Waals surface area contributed by atoms with Crippen LogP contribution in [0.3, 0.4) is 0 Å². The molecule has 0 radical (unpaired) electrons. The maximum atomic E-state index is 12.3. The lowest BCUT2D eigenvalue weighted by Gasteiger charge is -2.07. The van der Waals surface area contributed by atoms with E-state index >= 15 is 0 Å². The van der Waals surface area contributed by atoms with Crippen LogP contribution in [0.1, 0.15) is 33.8 Å². The molecule has 0 fully saturated rings. The molecule has 0 unspecified atom stereocenters. The zero-order valence-electron chi connectivity index (χ0n) is 10.9. The van der Waals surface area contributed by atoms with Crippen LogP contribution >= 0.6 is 34.5 Å². The molecule has 0 atom stereocenters. The molecule has 0 amide bonds. The maximum absolute atomic E-state index is 12.3. The highest BCUT2D eigenvalue weighted by molar-refractivity contribution is 7.09. The zero-order valence-corrected chi connectivity index (χ0v) is 13.2. The topological polar surface area (TPSA) is 20.9 Å². The molecule has 0 N–H and O–H groups in total. The monoisotopic (exact) mass is 326 g/mol. The summed E-state index contributed by atoms with van der Waals surface area (Å²) in [5, 5.41) is 0.902. The van der Waals surface area contributed by atoms with E-state index in [9.17, 15) is 4.79 Å². The second kappa shape index (κ2) is 5.84. The van der Waals surface area contributed by atoms with Crippen LogP contribution < -0.4 is 4.57 Å². The number of benzene rings is 1. The largest absolute Gasteiger partial charge is 0.287 e. The van der Waals surface area contributed by atoms with Crippen LogP contribution in [0.4, 0.5) is 0 Å². The van der Waals surface area contributed by atoms with E-state index in [1.807, 2.05) is 0 Å². The molecule has 1 aliphatic carbocycles. The summed E-state index contributed by atoms with van der Waals surface area (Å²) in [6.07, 6.45) is 4.69. The van der Waals surface area contributed by atoms with Crippen LogP contribution in [0.15, 0.2) is 23.7 Å². The Morgan fingerprint density at radius 3 is 2.80 bits per heavy atom. The number of carbonyl (C=O) groups is 1. The lowest BCUT2D eigenvalue weighted by Crippen LogP contribution is -2.40. The maximum Gasteiger partial charge on any atom is 0.227 e. The van der Waals surface area contributed by atoms with Crippen molar-refractivity contribution in [2.24, 2.45) is 0 Å². The molecule has 0 saturated carbocycles. The quantitative estimate of drug-likeness (QED) is 0.614. The van der Waals surface area contributed by atoms with Gasteiger partial charge in [0.05, 0.1) is 14.9 Å². The highest BCUT2D eigenvalue weighted by atomic mass is 35.5. The second-order valence-electron chi connectivity index (χ2n) is 4.98. The van der Waals surface area contributed by atoms with Gasteiger partial charge in [-0.05, 0) is 37.5 Å². The third-order valence-corrected chi connectivity index (χ3v) is 5.44. The van der Waals surface area contributed by atoms with Gasteiger partial charge in [0.2, 0.25) is 17.8 Å². The SMILES string of the molecule is O=C(C[n+]1csc2c1CCCC2)c1ccc(Cl)c(Cl)c1. The first-order chi connectivity index (χ1) is 9.65. The Hall–Kier alpha value is -0.900. The molecule has 1 aliphatic rings. The van der Waals surface area contributed by atoms with E-state index in [4.69, 9.17) is 23.2 Å². The number of aryl methyl sites for hydroxylation is 1. The number of Topliss-reactive ketones (excluding diaryl/α,β-unsaturated/α-hetero) is 1. The van der Waals surface area contributed by atoms with E-state index in [0.717, 1.165) is 12.8 Å². The van der Waals surface area contributed by atoms with Gasteiger partial charge in [-0.2, -0.15) is 4.57 Å². The van der Waals surface area contributed by atoms with E-state index in [1.165, 1.54) is 23.4 Å². The van der Waals surface area contributed by atoms with Crippen LogP contribution in [-0.2, 0) is 19.4 Å². The predicted octanol–water partition coefficient (Wildman–Crippen LogP) is 4.10. The molecule has 3 rings (SSSR count). The summed E-state index contributed by atoms with van der Waals surface area (Å²) in [6, 6.07) is 5.05. The van der Waals surface area contributed by atoms with Crippen LogP contribution in [0.5, 0.6) is 0 Å². The van der Waals surface area contributed by atoms with Gasteiger partial charge in [-0.25, -0.2) is 0 Å². The molecule has 5 heteroatoms. The molecular weight excluding hydrogens is 313 g/mol. The van der Waals surface area contributed by atoms with Crippen molar-refractivity contribution in [3.05, 3.63) is 49.9 Å². The number of nitrogens with zero attached hydrogens (tertiary/aromatic N) is 1. The van der Waals surface area contributed by atoms with Gasteiger partial charge in [0.25, 0.3) is 0 Å². The number of hydrogen-bond acceptors (Lipinski definition) is 2. The van der Waals surface area contributed by atoms with Crippen LogP contribution in [0.25, 0.3) is 0 Å². The number of halogens is 2. The lowest BCUT2D eigenvalue weighted by molar-refractivity contribution is -0.686. The molecule has 0 spiro atoms. The Labute approximate surface area is 132 Å². The molecule has 1 aromatic carbocycles. The van der Waals surface area contributed by atoms with Crippen molar-refractivity contribution in [2.45, 2.75) is 32.2 Å². The normalized spacial score (nSPS) is 14.1. The number of rotatable bonds is 3. The Balaban J connectivity index is 1.82. The van der Waals surface area contributed by atoms with Gasteiger partial charge in [0.1, 0.15) is 0 Å². The fourth-order valence-corrected chi connectivity index (χ4v) is 3.90. The Morgan fingerprint density at radius 2 is 2.00 bits per heavy atom. The summed E-state index contributed by atoms with van der Waals surface area (Å²) in [7, 11) is 0. The smallest absolute Gasteiger partial charge is 0.227 e. The van der Waals surface area contributed by atoms with Crippen LogP contribution in [0.2, 0.25) is 10.0 Å². The van der Waals surface area contributed by atoms with Crippen LogP contribution in [0, 0.1) is 0 Å². The molecule has 2 aromatic rings. The van der Waals surface area contributed by atoms with E-state index in [0.29, 0.717) is 22.2 Å². The number of thiazole rings is 1. The molecule has 20 heavy (non-hydrogen) atoms. The Kier molecular flexibility index (Phi) is 4.11. The van der Waals surface area contributed by atoms with Gasteiger partial charge < -0.3 is 0 Å². The van der Waals surface area contributed by atoms with Crippen molar-refractivity contribution >= 4 is 40.3 Å². The standard InChI is InChI=1S/C15H14Cl2NOS/c16-11-6-5-10(7-12(11)17)14(19)8-18-9-20-15-4-2-1-3-13(15)18/h5-7,9H,1-4,8H2/q+1. The highest BCUT2D eigenvalue weighted by Crippen LogP contribution is 2.24. The number of hydrogen-bond donors (Lipinski definition) is 0. The second-order valence-corrected chi connectivity index (χ2v) is 6.73. The zero-order chi connectivity index (χ0) is 14.1. The lowest BCUT2D eigenvalue weighted by atomic mass is 10.0. The first-order valence-electron chi connectivity index (χ1n) is 6.62. The predicted molar refractivity (Wildman–Crippen MR) is 81.9 cm³/mol. The van der Waals surface area contributed by atoms with Crippen molar-refractivity contribution in [1.82, 2.24) is 0 Å².